The zero-order chi connectivity index (χ0) is 21.2. The minimum atomic E-state index is 0.188. The highest BCUT2D eigenvalue weighted by Crippen LogP contribution is 2.25. The van der Waals surface area contributed by atoms with E-state index < -0.39 is 0 Å². The van der Waals surface area contributed by atoms with Crippen molar-refractivity contribution in [2.45, 2.75) is 18.9 Å². The number of likely N-dealkylation sites (tertiary alicyclic amines) is 1. The van der Waals surface area contributed by atoms with E-state index in [0.717, 1.165) is 31.4 Å². The summed E-state index contributed by atoms with van der Waals surface area (Å²) in [6.45, 7) is 2.46. The van der Waals surface area contributed by atoms with Gasteiger partial charge in [-0.25, -0.2) is 4.98 Å². The maximum absolute atomic E-state index is 9.60. The third-order valence-electron chi connectivity index (χ3n) is 5.85. The van der Waals surface area contributed by atoms with Gasteiger partial charge in [-0.05, 0) is 55.8 Å². The Kier molecular flexibility index (Phi) is 5.31. The lowest BCUT2D eigenvalue weighted by atomic mass is 10.2. The van der Waals surface area contributed by atoms with E-state index >= 15 is 0 Å². The van der Waals surface area contributed by atoms with Crippen LogP contribution in [0.15, 0.2) is 64.6 Å². The fourth-order valence-electron chi connectivity index (χ4n) is 4.19. The Hall–Kier alpha value is -3.36. The van der Waals surface area contributed by atoms with Crippen molar-refractivity contribution in [1.82, 2.24) is 14.3 Å². The molecule has 1 aromatic carbocycles. The van der Waals surface area contributed by atoms with E-state index in [1.165, 1.54) is 0 Å². The van der Waals surface area contributed by atoms with Gasteiger partial charge in [-0.1, -0.05) is 5.16 Å². The molecule has 1 aliphatic rings. The first-order valence-corrected chi connectivity index (χ1v) is 10.4. The summed E-state index contributed by atoms with van der Waals surface area (Å²) < 4.78 is 13.9. The lowest BCUT2D eigenvalue weighted by molar-refractivity contribution is 0.139. The second-order valence-corrected chi connectivity index (χ2v) is 7.73. The molecule has 1 aliphatic heterocycles. The van der Waals surface area contributed by atoms with E-state index in [4.69, 9.17) is 9.15 Å². The van der Waals surface area contributed by atoms with Crippen molar-refractivity contribution < 1.29 is 19.5 Å². The van der Waals surface area contributed by atoms with Crippen LogP contribution in [0.1, 0.15) is 12.8 Å². The fraction of sp³-hybridized carbons (Fsp3) is 0.304. The molecular weight excluding hydrogens is 396 g/mol. The van der Waals surface area contributed by atoms with Gasteiger partial charge in [-0.2, -0.15) is 0 Å². The van der Waals surface area contributed by atoms with E-state index in [0.29, 0.717) is 40.1 Å². The SMILES string of the molecule is OC[C@@H]1CCCN1CCOc1ccc2oc(-c3cc4cccn4cn3)cc(=NO)c2c1. The molecule has 1 fully saturated rings. The summed E-state index contributed by atoms with van der Waals surface area (Å²) in [6.07, 6.45) is 5.79. The molecule has 8 nitrogen and oxygen atoms in total. The van der Waals surface area contributed by atoms with Crippen LogP contribution in [0.5, 0.6) is 5.75 Å². The monoisotopic (exact) mass is 420 g/mol. The Labute approximate surface area is 178 Å². The Morgan fingerprint density at radius 3 is 3.03 bits per heavy atom. The molecule has 1 atom stereocenters. The molecule has 4 aromatic rings. The smallest absolute Gasteiger partial charge is 0.155 e. The van der Waals surface area contributed by atoms with Crippen LogP contribution in [-0.2, 0) is 0 Å². The number of aliphatic hydroxyl groups excluding tert-OH is 1. The number of hydrogen-bond acceptors (Lipinski definition) is 7. The second-order valence-electron chi connectivity index (χ2n) is 7.73. The lowest BCUT2D eigenvalue weighted by Gasteiger charge is -2.22. The summed E-state index contributed by atoms with van der Waals surface area (Å²) in [7, 11) is 0. The van der Waals surface area contributed by atoms with E-state index in [-0.39, 0.29) is 12.6 Å². The van der Waals surface area contributed by atoms with Crippen LogP contribution in [0, 0.1) is 0 Å². The summed E-state index contributed by atoms with van der Waals surface area (Å²) in [4.78, 5) is 6.70. The Bertz CT molecular complexity index is 1280. The molecule has 0 spiro atoms. The van der Waals surface area contributed by atoms with Gasteiger partial charge in [0.25, 0.3) is 0 Å². The molecule has 0 unspecified atom stereocenters. The zero-order valence-corrected chi connectivity index (χ0v) is 17.0. The van der Waals surface area contributed by atoms with Crippen LogP contribution in [0.2, 0.25) is 0 Å². The number of ether oxygens (including phenoxy) is 1. The van der Waals surface area contributed by atoms with Gasteiger partial charge in [0.2, 0.25) is 0 Å². The standard InChI is InChI=1S/C23H24N4O4/c28-14-17-4-2-7-26(17)9-10-30-18-5-6-22-19(12-18)20(25-29)13-23(31-22)21-11-16-3-1-8-27(16)15-24-21/h1,3,5-6,8,11-13,15,17,28-29H,2,4,7,9-10,14H2/t17-/m0/s1. The van der Waals surface area contributed by atoms with E-state index in [9.17, 15) is 10.3 Å². The maximum Gasteiger partial charge on any atom is 0.155 e. The Balaban J connectivity index is 1.39. The minimum Gasteiger partial charge on any atom is -0.492 e. The van der Waals surface area contributed by atoms with Crippen molar-refractivity contribution in [3.63, 3.8) is 0 Å². The van der Waals surface area contributed by atoms with Crippen LogP contribution in [-0.4, -0.2) is 56.9 Å². The van der Waals surface area contributed by atoms with Crippen LogP contribution >= 0.6 is 0 Å². The minimum absolute atomic E-state index is 0.188. The van der Waals surface area contributed by atoms with Crippen LogP contribution < -0.4 is 10.1 Å². The van der Waals surface area contributed by atoms with Gasteiger partial charge in [0.1, 0.15) is 29.0 Å². The third-order valence-corrected chi connectivity index (χ3v) is 5.85. The highest BCUT2D eigenvalue weighted by molar-refractivity contribution is 5.80. The van der Waals surface area contributed by atoms with E-state index in [2.05, 4.69) is 15.0 Å². The van der Waals surface area contributed by atoms with Crippen molar-refractivity contribution in [2.75, 3.05) is 26.3 Å². The third kappa shape index (κ3) is 3.87. The summed E-state index contributed by atoms with van der Waals surface area (Å²) in [6, 6.07) is 13.2. The number of aromatic nitrogens is 2. The molecule has 5 rings (SSSR count). The number of benzene rings is 1. The molecule has 0 radical (unpaired) electrons. The largest absolute Gasteiger partial charge is 0.492 e. The van der Waals surface area contributed by atoms with Gasteiger partial charge in [-0.3, -0.25) is 4.90 Å². The summed E-state index contributed by atoms with van der Waals surface area (Å²) >= 11 is 0. The van der Waals surface area contributed by atoms with Crippen molar-refractivity contribution in [2.24, 2.45) is 5.16 Å². The molecule has 160 valence electrons. The van der Waals surface area contributed by atoms with Crippen molar-refractivity contribution >= 4 is 16.5 Å². The predicted octanol–water partition coefficient (Wildman–Crippen LogP) is 2.87. The molecular formula is C23H24N4O4. The quantitative estimate of drug-likeness (QED) is 0.368. The molecule has 0 bridgehead atoms. The normalized spacial score (nSPS) is 17.7. The average molecular weight is 420 g/mol. The van der Waals surface area contributed by atoms with Gasteiger partial charge in [0.05, 0.1) is 18.3 Å². The van der Waals surface area contributed by atoms with Gasteiger partial charge in [0.15, 0.2) is 5.76 Å². The molecule has 2 N–H and O–H groups in total. The second kappa shape index (κ2) is 8.41. The first-order valence-electron chi connectivity index (χ1n) is 10.4. The van der Waals surface area contributed by atoms with Crippen molar-refractivity contribution in [1.29, 1.82) is 0 Å². The van der Waals surface area contributed by atoms with Crippen LogP contribution in [0.3, 0.4) is 0 Å². The van der Waals surface area contributed by atoms with Crippen LogP contribution in [0.25, 0.3) is 27.9 Å². The number of rotatable bonds is 6. The zero-order valence-electron chi connectivity index (χ0n) is 17.0. The van der Waals surface area contributed by atoms with Gasteiger partial charge >= 0.3 is 0 Å². The van der Waals surface area contributed by atoms with Crippen LogP contribution in [0.4, 0.5) is 0 Å². The highest BCUT2D eigenvalue weighted by atomic mass is 16.5. The first kappa shape index (κ1) is 19.6. The Morgan fingerprint density at radius 2 is 2.16 bits per heavy atom. The first-order chi connectivity index (χ1) is 15.2. The maximum atomic E-state index is 9.60. The summed E-state index contributed by atoms with van der Waals surface area (Å²) in [5, 5.41) is 23.5. The molecule has 0 amide bonds. The molecule has 4 heterocycles. The molecule has 1 saturated heterocycles. The van der Waals surface area contributed by atoms with Gasteiger partial charge in [0, 0.05) is 30.4 Å². The summed E-state index contributed by atoms with van der Waals surface area (Å²) in [5.41, 5.74) is 2.23. The van der Waals surface area contributed by atoms with Crippen molar-refractivity contribution in [3.05, 3.63) is 60.3 Å². The number of nitrogens with zero attached hydrogens (tertiary/aromatic N) is 4. The average Bonchev–Trinajstić information content (AvgIpc) is 3.46. The van der Waals surface area contributed by atoms with E-state index in [1.54, 1.807) is 12.4 Å². The molecule has 3 aromatic heterocycles. The molecule has 8 heteroatoms. The molecule has 0 aliphatic carbocycles. The predicted molar refractivity (Wildman–Crippen MR) is 115 cm³/mol. The summed E-state index contributed by atoms with van der Waals surface area (Å²) in [5.74, 6) is 1.19. The Morgan fingerprint density at radius 1 is 1.23 bits per heavy atom. The highest BCUT2D eigenvalue weighted by Gasteiger charge is 2.23. The van der Waals surface area contributed by atoms with Gasteiger partial charge < -0.3 is 23.9 Å². The number of fused-ring (bicyclic) bond motifs is 2. The topological polar surface area (TPSA) is 95.7 Å². The van der Waals surface area contributed by atoms with Crippen molar-refractivity contribution in [3.8, 4) is 17.2 Å². The molecule has 0 saturated carbocycles. The number of aliphatic hydroxyl groups is 1. The fourth-order valence-corrected chi connectivity index (χ4v) is 4.19. The van der Waals surface area contributed by atoms with Gasteiger partial charge in [-0.15, -0.1) is 0 Å². The number of hydrogen-bond donors (Lipinski definition) is 2. The van der Waals surface area contributed by atoms with E-state index in [1.807, 2.05) is 47.0 Å². The lowest BCUT2D eigenvalue weighted by Crippen LogP contribution is -2.35. The molecule has 31 heavy (non-hydrogen) atoms.